The molecular weight excluding hydrogens is 290 g/mol. The van der Waals surface area contributed by atoms with E-state index in [0.29, 0.717) is 5.56 Å². The molecule has 0 bridgehead atoms. The molecule has 1 aliphatic rings. The third kappa shape index (κ3) is 2.88. The van der Waals surface area contributed by atoms with Crippen LogP contribution in [0.2, 0.25) is 0 Å². The predicted molar refractivity (Wildman–Crippen MR) is 75.2 cm³/mol. The van der Waals surface area contributed by atoms with Crippen molar-refractivity contribution in [2.75, 3.05) is 13.2 Å². The fraction of sp³-hybridized carbons (Fsp3) is 0.400. The number of hydrogen-bond acceptors (Lipinski definition) is 6. The van der Waals surface area contributed by atoms with Gasteiger partial charge in [-0.3, -0.25) is 4.79 Å². The Balaban J connectivity index is 2.50. The molecule has 7 nitrogen and oxygen atoms in total. The minimum atomic E-state index is -1.64. The minimum Gasteiger partial charge on any atom is -0.466 e. The lowest BCUT2D eigenvalue weighted by Gasteiger charge is -2.35. The molecule has 22 heavy (non-hydrogen) atoms. The average molecular weight is 307 g/mol. The zero-order valence-corrected chi connectivity index (χ0v) is 12.4. The van der Waals surface area contributed by atoms with E-state index in [0.717, 1.165) is 0 Å². The van der Waals surface area contributed by atoms with Gasteiger partial charge in [-0.2, -0.15) is 0 Å². The van der Waals surface area contributed by atoms with Crippen molar-refractivity contribution in [1.29, 1.82) is 0 Å². The molecule has 0 spiro atoms. The van der Waals surface area contributed by atoms with Gasteiger partial charge in [-0.15, -0.1) is 0 Å². The fourth-order valence-electron chi connectivity index (χ4n) is 2.33. The standard InChI is InChI=1S/C15H17NO6/c1-3-20-12(17)9-15(13(18)21-4-2)10-7-5-6-8-11(10)22-14(19)16-15/h5-8H,3-4,9H2,1-2H3,(H,16,19)/t15-/m0/s1. The van der Waals surface area contributed by atoms with Gasteiger partial charge in [0.25, 0.3) is 0 Å². The maximum absolute atomic E-state index is 12.5. The SMILES string of the molecule is CCOC(=O)C[C@]1(C(=O)OCC)NC(=O)Oc2ccccc21. The van der Waals surface area contributed by atoms with Crippen molar-refractivity contribution in [2.45, 2.75) is 25.8 Å². The Hall–Kier alpha value is -2.57. The molecule has 0 saturated carbocycles. The molecule has 1 aromatic carbocycles. The number of hydrogen-bond donors (Lipinski definition) is 1. The summed E-state index contributed by atoms with van der Waals surface area (Å²) in [4.78, 5) is 36.2. The van der Waals surface area contributed by atoms with Crippen molar-refractivity contribution >= 4 is 18.0 Å². The third-order valence-corrected chi connectivity index (χ3v) is 3.20. The lowest BCUT2D eigenvalue weighted by Crippen LogP contribution is -2.57. The Morgan fingerprint density at radius 3 is 2.55 bits per heavy atom. The van der Waals surface area contributed by atoms with E-state index >= 15 is 0 Å². The molecule has 1 aromatic rings. The molecule has 1 amide bonds. The van der Waals surface area contributed by atoms with E-state index in [1.54, 1.807) is 38.1 Å². The van der Waals surface area contributed by atoms with Gasteiger partial charge in [-0.05, 0) is 19.9 Å². The van der Waals surface area contributed by atoms with Gasteiger partial charge in [-0.25, -0.2) is 9.59 Å². The van der Waals surface area contributed by atoms with Crippen LogP contribution in [0.5, 0.6) is 5.75 Å². The molecule has 0 fully saturated rings. The van der Waals surface area contributed by atoms with Crippen LogP contribution in [0.3, 0.4) is 0 Å². The quantitative estimate of drug-likeness (QED) is 0.829. The van der Waals surface area contributed by atoms with Gasteiger partial charge >= 0.3 is 18.0 Å². The van der Waals surface area contributed by atoms with Gasteiger partial charge in [0.1, 0.15) is 5.75 Å². The van der Waals surface area contributed by atoms with Gasteiger partial charge in [0.15, 0.2) is 5.54 Å². The summed E-state index contributed by atoms with van der Waals surface area (Å²) in [7, 11) is 0. The second kappa shape index (κ2) is 6.46. The molecule has 1 atom stereocenters. The van der Waals surface area contributed by atoms with Gasteiger partial charge in [0.2, 0.25) is 0 Å². The monoisotopic (exact) mass is 307 g/mol. The summed E-state index contributed by atoms with van der Waals surface area (Å²) in [5.74, 6) is -1.14. The normalized spacial score (nSPS) is 19.5. The van der Waals surface area contributed by atoms with Crippen LogP contribution in [-0.4, -0.2) is 31.2 Å². The first-order chi connectivity index (χ1) is 10.5. The zero-order valence-electron chi connectivity index (χ0n) is 12.4. The Morgan fingerprint density at radius 1 is 1.18 bits per heavy atom. The first-order valence-electron chi connectivity index (χ1n) is 6.95. The first kappa shape index (κ1) is 15.8. The highest BCUT2D eigenvalue weighted by molar-refractivity contribution is 5.94. The number of para-hydroxylation sites is 1. The molecule has 0 unspecified atom stereocenters. The molecule has 2 rings (SSSR count). The van der Waals surface area contributed by atoms with Crippen LogP contribution in [0.4, 0.5) is 4.79 Å². The number of esters is 2. The maximum Gasteiger partial charge on any atom is 0.413 e. The number of carbonyl (C=O) groups excluding carboxylic acids is 3. The third-order valence-electron chi connectivity index (χ3n) is 3.20. The Kier molecular flexibility index (Phi) is 4.65. The average Bonchev–Trinajstić information content (AvgIpc) is 2.47. The molecule has 1 N–H and O–H groups in total. The van der Waals surface area contributed by atoms with Crippen LogP contribution >= 0.6 is 0 Å². The van der Waals surface area contributed by atoms with E-state index in [1.807, 2.05) is 0 Å². The van der Waals surface area contributed by atoms with Crippen molar-refractivity contribution in [3.63, 3.8) is 0 Å². The smallest absolute Gasteiger partial charge is 0.413 e. The Morgan fingerprint density at radius 2 is 1.86 bits per heavy atom. The number of fused-ring (bicyclic) bond motifs is 1. The van der Waals surface area contributed by atoms with E-state index in [-0.39, 0.29) is 25.4 Å². The number of rotatable bonds is 5. The molecule has 0 saturated heterocycles. The molecule has 1 heterocycles. The largest absolute Gasteiger partial charge is 0.466 e. The summed E-state index contributed by atoms with van der Waals surface area (Å²) in [6.07, 6.45) is -1.19. The van der Waals surface area contributed by atoms with Crippen LogP contribution in [-0.2, 0) is 24.6 Å². The van der Waals surface area contributed by atoms with E-state index in [1.165, 1.54) is 0 Å². The Bertz CT molecular complexity index is 599. The summed E-state index contributed by atoms with van der Waals surface area (Å²) >= 11 is 0. The van der Waals surface area contributed by atoms with Gasteiger partial charge in [0.05, 0.1) is 19.6 Å². The lowest BCUT2D eigenvalue weighted by atomic mass is 9.85. The Labute approximate surface area is 127 Å². The second-order valence-corrected chi connectivity index (χ2v) is 4.62. The summed E-state index contributed by atoms with van der Waals surface area (Å²) in [5.41, 5.74) is -1.28. The van der Waals surface area contributed by atoms with E-state index < -0.39 is 23.6 Å². The molecule has 0 radical (unpaired) electrons. The first-order valence-corrected chi connectivity index (χ1v) is 6.95. The number of amides is 1. The molecule has 1 aliphatic heterocycles. The molecule has 0 aromatic heterocycles. The van der Waals surface area contributed by atoms with Crippen molar-refractivity contribution in [2.24, 2.45) is 0 Å². The highest BCUT2D eigenvalue weighted by Crippen LogP contribution is 2.37. The minimum absolute atomic E-state index is 0.113. The van der Waals surface area contributed by atoms with Gasteiger partial charge < -0.3 is 19.5 Å². The molecular formula is C15H17NO6. The fourth-order valence-corrected chi connectivity index (χ4v) is 2.33. The summed E-state index contributed by atoms with van der Waals surface area (Å²) < 4.78 is 15.0. The summed E-state index contributed by atoms with van der Waals surface area (Å²) in [6.45, 7) is 3.58. The predicted octanol–water partition coefficient (Wildman–Crippen LogP) is 1.50. The number of carbonyl (C=O) groups is 3. The highest BCUT2D eigenvalue weighted by Gasteiger charge is 2.50. The molecule has 0 aliphatic carbocycles. The van der Waals surface area contributed by atoms with Crippen LogP contribution in [0.25, 0.3) is 0 Å². The van der Waals surface area contributed by atoms with Crippen molar-refractivity contribution in [3.05, 3.63) is 29.8 Å². The van der Waals surface area contributed by atoms with E-state index in [4.69, 9.17) is 14.2 Å². The zero-order chi connectivity index (χ0) is 16.2. The van der Waals surface area contributed by atoms with Crippen LogP contribution in [0.1, 0.15) is 25.8 Å². The van der Waals surface area contributed by atoms with Gasteiger partial charge in [0, 0.05) is 5.56 Å². The molecule has 118 valence electrons. The number of ether oxygens (including phenoxy) is 3. The van der Waals surface area contributed by atoms with Gasteiger partial charge in [-0.1, -0.05) is 18.2 Å². The lowest BCUT2D eigenvalue weighted by molar-refractivity contribution is -0.158. The van der Waals surface area contributed by atoms with Crippen molar-refractivity contribution in [3.8, 4) is 5.75 Å². The van der Waals surface area contributed by atoms with Crippen LogP contribution < -0.4 is 10.1 Å². The van der Waals surface area contributed by atoms with Crippen molar-refractivity contribution in [1.82, 2.24) is 5.32 Å². The topological polar surface area (TPSA) is 90.9 Å². The summed E-state index contributed by atoms with van der Waals surface area (Å²) in [5, 5.41) is 2.42. The molecule has 7 heteroatoms. The maximum atomic E-state index is 12.5. The number of nitrogens with one attached hydrogen (secondary N) is 1. The summed E-state index contributed by atoms with van der Waals surface area (Å²) in [6, 6.07) is 6.49. The van der Waals surface area contributed by atoms with Crippen LogP contribution in [0, 0.1) is 0 Å². The second-order valence-electron chi connectivity index (χ2n) is 4.62. The van der Waals surface area contributed by atoms with E-state index in [2.05, 4.69) is 5.32 Å². The van der Waals surface area contributed by atoms with Crippen LogP contribution in [0.15, 0.2) is 24.3 Å². The van der Waals surface area contributed by atoms with E-state index in [9.17, 15) is 14.4 Å². The number of benzene rings is 1. The highest BCUT2D eigenvalue weighted by atomic mass is 16.6. The van der Waals surface area contributed by atoms with Crippen molar-refractivity contribution < 1.29 is 28.6 Å².